The quantitative estimate of drug-likeness (QED) is 0.778. The number of halogens is 3. The Morgan fingerprint density at radius 3 is 2.78 bits per heavy atom. The number of hydrogen-bond donors (Lipinski definition) is 1. The number of nitrogens with one attached hydrogen (secondary N) is 1. The van der Waals surface area contributed by atoms with E-state index in [-0.39, 0.29) is 5.91 Å². The Labute approximate surface area is 151 Å². The Morgan fingerprint density at radius 2 is 2.04 bits per heavy atom. The number of carbonyl (C=O) groups excluding carboxylic acids is 1. The molecule has 0 aliphatic carbocycles. The van der Waals surface area contributed by atoms with E-state index in [0.29, 0.717) is 22.2 Å². The molecule has 1 atom stereocenters. The van der Waals surface area contributed by atoms with Gasteiger partial charge in [-0.05, 0) is 30.3 Å². The van der Waals surface area contributed by atoms with Crippen molar-refractivity contribution in [2.24, 2.45) is 5.16 Å². The monoisotopic (exact) mass is 412 g/mol. The maximum Gasteiger partial charge on any atom is 0.268 e. The molecule has 0 aromatic heterocycles. The van der Waals surface area contributed by atoms with Crippen molar-refractivity contribution in [3.8, 4) is 0 Å². The standard InChI is InChI=1S/C16H11BrCl2N2O2/c17-10-3-1-2-9(6-10)14-8-15(23-21-14)16(22)20-11-4-5-12(18)13(19)7-11/h1-7,15H,8H2,(H,20,22)/t15-/m0/s1. The first-order valence-electron chi connectivity index (χ1n) is 6.77. The maximum absolute atomic E-state index is 12.3. The summed E-state index contributed by atoms with van der Waals surface area (Å²) in [5.74, 6) is -0.280. The van der Waals surface area contributed by atoms with Crippen LogP contribution in [-0.2, 0) is 9.63 Å². The average Bonchev–Trinajstić information content (AvgIpc) is 3.01. The topological polar surface area (TPSA) is 50.7 Å². The van der Waals surface area contributed by atoms with Crippen LogP contribution in [0.4, 0.5) is 5.69 Å². The first-order chi connectivity index (χ1) is 11.0. The molecule has 0 spiro atoms. The van der Waals surface area contributed by atoms with E-state index in [2.05, 4.69) is 26.4 Å². The van der Waals surface area contributed by atoms with Crippen LogP contribution < -0.4 is 5.32 Å². The van der Waals surface area contributed by atoms with Crippen LogP contribution in [0.25, 0.3) is 0 Å². The zero-order valence-corrected chi connectivity index (χ0v) is 14.8. The second-order valence-electron chi connectivity index (χ2n) is 4.96. The zero-order chi connectivity index (χ0) is 16.4. The molecule has 0 unspecified atom stereocenters. The summed E-state index contributed by atoms with van der Waals surface area (Å²) in [6.07, 6.45) is -0.262. The molecule has 23 heavy (non-hydrogen) atoms. The number of rotatable bonds is 3. The third-order valence-electron chi connectivity index (χ3n) is 3.31. The molecule has 0 radical (unpaired) electrons. The molecule has 7 heteroatoms. The predicted molar refractivity (Wildman–Crippen MR) is 95.3 cm³/mol. The van der Waals surface area contributed by atoms with E-state index in [1.54, 1.807) is 18.2 Å². The molecule has 0 saturated heterocycles. The van der Waals surface area contributed by atoms with Crippen LogP contribution in [0.2, 0.25) is 10.0 Å². The fourth-order valence-corrected chi connectivity index (χ4v) is 2.85. The number of hydrogen-bond acceptors (Lipinski definition) is 3. The normalized spacial score (nSPS) is 16.7. The summed E-state index contributed by atoms with van der Waals surface area (Å²) in [6.45, 7) is 0. The van der Waals surface area contributed by atoms with E-state index in [9.17, 15) is 4.79 Å². The van der Waals surface area contributed by atoms with Gasteiger partial charge in [-0.15, -0.1) is 0 Å². The molecule has 1 heterocycles. The van der Waals surface area contributed by atoms with Gasteiger partial charge in [-0.1, -0.05) is 56.4 Å². The van der Waals surface area contributed by atoms with Crippen molar-refractivity contribution in [3.05, 3.63) is 62.5 Å². The highest BCUT2D eigenvalue weighted by molar-refractivity contribution is 9.10. The number of anilines is 1. The van der Waals surface area contributed by atoms with Crippen LogP contribution in [-0.4, -0.2) is 17.7 Å². The van der Waals surface area contributed by atoms with Crippen molar-refractivity contribution in [2.45, 2.75) is 12.5 Å². The van der Waals surface area contributed by atoms with Gasteiger partial charge in [0, 0.05) is 22.1 Å². The Hall–Kier alpha value is -1.56. The van der Waals surface area contributed by atoms with E-state index in [4.69, 9.17) is 28.0 Å². The fourth-order valence-electron chi connectivity index (χ4n) is 2.15. The van der Waals surface area contributed by atoms with Gasteiger partial charge in [0.1, 0.15) is 0 Å². The number of oxime groups is 1. The molecule has 1 N–H and O–H groups in total. The summed E-state index contributed by atoms with van der Waals surface area (Å²) in [7, 11) is 0. The lowest BCUT2D eigenvalue weighted by molar-refractivity contribution is -0.125. The highest BCUT2D eigenvalue weighted by Gasteiger charge is 2.29. The molecule has 0 saturated carbocycles. The van der Waals surface area contributed by atoms with Crippen LogP contribution in [0, 0.1) is 0 Å². The molecule has 4 nitrogen and oxygen atoms in total. The van der Waals surface area contributed by atoms with Gasteiger partial charge in [-0.25, -0.2) is 0 Å². The van der Waals surface area contributed by atoms with Crippen LogP contribution in [0.1, 0.15) is 12.0 Å². The minimum Gasteiger partial charge on any atom is -0.382 e. The highest BCUT2D eigenvalue weighted by atomic mass is 79.9. The summed E-state index contributed by atoms with van der Waals surface area (Å²) < 4.78 is 0.946. The van der Waals surface area contributed by atoms with E-state index in [1.165, 1.54) is 0 Å². The average molecular weight is 414 g/mol. The Balaban J connectivity index is 1.65. The minimum absolute atomic E-state index is 0.280. The van der Waals surface area contributed by atoms with E-state index < -0.39 is 6.10 Å². The van der Waals surface area contributed by atoms with Crippen molar-refractivity contribution in [1.82, 2.24) is 0 Å². The van der Waals surface area contributed by atoms with Gasteiger partial charge < -0.3 is 10.2 Å². The molecule has 2 aromatic rings. The molecule has 3 rings (SSSR count). The SMILES string of the molecule is O=C(Nc1ccc(Cl)c(Cl)c1)[C@@H]1CC(c2cccc(Br)c2)=NO1. The van der Waals surface area contributed by atoms with E-state index in [0.717, 1.165) is 15.7 Å². The number of carbonyl (C=O) groups is 1. The lowest BCUT2D eigenvalue weighted by atomic mass is 10.0. The van der Waals surface area contributed by atoms with Crippen LogP contribution in [0.15, 0.2) is 52.1 Å². The molecule has 1 aliphatic heterocycles. The molecular formula is C16H11BrCl2N2O2. The Morgan fingerprint density at radius 1 is 1.22 bits per heavy atom. The van der Waals surface area contributed by atoms with Crippen LogP contribution >= 0.6 is 39.1 Å². The first-order valence-corrected chi connectivity index (χ1v) is 8.32. The lowest BCUT2D eigenvalue weighted by Crippen LogP contribution is -2.28. The summed E-state index contributed by atoms with van der Waals surface area (Å²) in [5.41, 5.74) is 2.22. The summed E-state index contributed by atoms with van der Waals surface area (Å²) in [5, 5.41) is 7.57. The van der Waals surface area contributed by atoms with Crippen molar-refractivity contribution in [2.75, 3.05) is 5.32 Å². The predicted octanol–water partition coefficient (Wildman–Crippen LogP) is 4.89. The maximum atomic E-state index is 12.3. The molecular weight excluding hydrogens is 403 g/mol. The summed E-state index contributed by atoms with van der Waals surface area (Å²) in [4.78, 5) is 17.5. The van der Waals surface area contributed by atoms with Crippen molar-refractivity contribution in [3.63, 3.8) is 0 Å². The summed E-state index contributed by atoms with van der Waals surface area (Å²) in [6, 6.07) is 12.6. The van der Waals surface area contributed by atoms with Crippen LogP contribution in [0.3, 0.4) is 0 Å². The number of nitrogens with zero attached hydrogens (tertiary/aromatic N) is 1. The van der Waals surface area contributed by atoms with Crippen molar-refractivity contribution >= 4 is 56.4 Å². The zero-order valence-electron chi connectivity index (χ0n) is 11.7. The van der Waals surface area contributed by atoms with Gasteiger partial charge in [0.25, 0.3) is 5.91 Å². The lowest BCUT2D eigenvalue weighted by Gasteiger charge is -2.10. The van der Waals surface area contributed by atoms with Crippen LogP contribution in [0.5, 0.6) is 0 Å². The van der Waals surface area contributed by atoms with Gasteiger partial charge in [0.2, 0.25) is 6.10 Å². The van der Waals surface area contributed by atoms with Gasteiger partial charge in [0.15, 0.2) is 0 Å². The van der Waals surface area contributed by atoms with E-state index >= 15 is 0 Å². The fraction of sp³-hybridized carbons (Fsp3) is 0.125. The minimum atomic E-state index is -0.668. The smallest absolute Gasteiger partial charge is 0.268 e. The molecule has 118 valence electrons. The molecule has 0 bridgehead atoms. The van der Waals surface area contributed by atoms with Gasteiger partial charge in [0.05, 0.1) is 15.8 Å². The second kappa shape index (κ2) is 6.91. The first kappa shape index (κ1) is 16.3. The number of amides is 1. The molecule has 2 aromatic carbocycles. The van der Waals surface area contributed by atoms with Gasteiger partial charge in [-0.3, -0.25) is 4.79 Å². The molecule has 1 aliphatic rings. The molecule has 0 fully saturated rings. The third-order valence-corrected chi connectivity index (χ3v) is 4.54. The third kappa shape index (κ3) is 3.86. The second-order valence-corrected chi connectivity index (χ2v) is 6.69. The van der Waals surface area contributed by atoms with Crippen molar-refractivity contribution in [1.29, 1.82) is 0 Å². The van der Waals surface area contributed by atoms with Gasteiger partial charge >= 0.3 is 0 Å². The van der Waals surface area contributed by atoms with Gasteiger partial charge in [-0.2, -0.15) is 0 Å². The largest absolute Gasteiger partial charge is 0.382 e. The summed E-state index contributed by atoms with van der Waals surface area (Å²) >= 11 is 15.2. The van der Waals surface area contributed by atoms with Crippen molar-refractivity contribution < 1.29 is 9.63 Å². The van der Waals surface area contributed by atoms with E-state index in [1.807, 2.05) is 24.3 Å². The number of benzene rings is 2. The Kier molecular flexibility index (Phi) is 4.90. The molecule has 1 amide bonds. The highest BCUT2D eigenvalue weighted by Crippen LogP contribution is 2.26. The Bertz CT molecular complexity index is 795.